The Labute approximate surface area is 121 Å². The number of anilines is 1. The van der Waals surface area contributed by atoms with Crippen molar-refractivity contribution >= 4 is 11.7 Å². The zero-order chi connectivity index (χ0) is 14.4. The molecule has 0 bridgehead atoms. The van der Waals surface area contributed by atoms with E-state index < -0.39 is 0 Å². The van der Waals surface area contributed by atoms with Gasteiger partial charge in [0, 0.05) is 23.8 Å². The smallest absolute Gasteiger partial charge is 0.251 e. The summed E-state index contributed by atoms with van der Waals surface area (Å²) in [5.41, 5.74) is 1.58. The maximum atomic E-state index is 12.4. The van der Waals surface area contributed by atoms with Crippen molar-refractivity contribution in [1.29, 1.82) is 0 Å². The predicted octanol–water partition coefficient (Wildman–Crippen LogP) is 3.27. The van der Waals surface area contributed by atoms with Crippen LogP contribution in [0.1, 0.15) is 61.5 Å². The minimum Gasteiger partial charge on any atom is -0.370 e. The Hall–Kier alpha value is -1.58. The van der Waals surface area contributed by atoms with Crippen LogP contribution in [0.4, 0.5) is 5.82 Å². The quantitative estimate of drug-likeness (QED) is 0.829. The van der Waals surface area contributed by atoms with Crippen molar-refractivity contribution < 1.29 is 4.79 Å². The van der Waals surface area contributed by atoms with Crippen LogP contribution in [0, 0.1) is 6.92 Å². The number of aromatic nitrogens is 1. The number of rotatable bonds is 4. The van der Waals surface area contributed by atoms with Gasteiger partial charge in [-0.3, -0.25) is 4.79 Å². The molecule has 1 aromatic heterocycles. The summed E-state index contributed by atoms with van der Waals surface area (Å²) in [7, 11) is 0. The number of carbonyl (C=O) groups is 1. The first-order valence-electron chi connectivity index (χ1n) is 7.72. The maximum absolute atomic E-state index is 12.4. The minimum absolute atomic E-state index is 0.0292. The predicted molar refractivity (Wildman–Crippen MR) is 82.1 cm³/mol. The van der Waals surface area contributed by atoms with Crippen LogP contribution in [0.3, 0.4) is 0 Å². The third-order valence-electron chi connectivity index (χ3n) is 3.76. The lowest BCUT2D eigenvalue weighted by molar-refractivity contribution is 0.0933. The molecule has 1 saturated carbocycles. The number of hydrogen-bond donors (Lipinski definition) is 2. The van der Waals surface area contributed by atoms with Crippen molar-refractivity contribution in [3.63, 3.8) is 0 Å². The fourth-order valence-corrected chi connectivity index (χ4v) is 2.76. The lowest BCUT2D eigenvalue weighted by Crippen LogP contribution is -2.34. The van der Waals surface area contributed by atoms with Gasteiger partial charge >= 0.3 is 0 Å². The molecule has 1 aliphatic carbocycles. The highest BCUT2D eigenvalue weighted by Gasteiger charge is 2.16. The van der Waals surface area contributed by atoms with Crippen LogP contribution in [-0.2, 0) is 0 Å². The van der Waals surface area contributed by atoms with Crippen molar-refractivity contribution in [3.05, 3.63) is 23.4 Å². The zero-order valence-corrected chi connectivity index (χ0v) is 12.5. The number of carbonyl (C=O) groups excluding carboxylic acids is 1. The molecule has 2 N–H and O–H groups in total. The third-order valence-corrected chi connectivity index (χ3v) is 3.76. The van der Waals surface area contributed by atoms with E-state index in [1.54, 1.807) is 0 Å². The highest BCUT2D eigenvalue weighted by atomic mass is 16.1. The Morgan fingerprint density at radius 2 is 1.95 bits per heavy atom. The molecule has 1 aromatic rings. The van der Waals surface area contributed by atoms with Crippen LogP contribution >= 0.6 is 0 Å². The minimum atomic E-state index is 0.0292. The highest BCUT2D eigenvalue weighted by Crippen LogP contribution is 2.18. The Balaban J connectivity index is 2.04. The monoisotopic (exact) mass is 275 g/mol. The molecule has 20 heavy (non-hydrogen) atoms. The summed E-state index contributed by atoms with van der Waals surface area (Å²) in [6.45, 7) is 4.75. The molecule has 4 heteroatoms. The van der Waals surface area contributed by atoms with Gasteiger partial charge in [-0.1, -0.05) is 25.7 Å². The summed E-state index contributed by atoms with van der Waals surface area (Å²) < 4.78 is 0. The van der Waals surface area contributed by atoms with E-state index in [1.165, 1.54) is 25.7 Å². The summed E-state index contributed by atoms with van der Waals surface area (Å²) in [4.78, 5) is 16.7. The number of aryl methyl sites for hydroxylation is 1. The van der Waals surface area contributed by atoms with Gasteiger partial charge in [0.25, 0.3) is 5.91 Å². The first-order valence-corrected chi connectivity index (χ1v) is 7.72. The van der Waals surface area contributed by atoms with E-state index in [9.17, 15) is 4.79 Å². The molecule has 0 unspecified atom stereocenters. The van der Waals surface area contributed by atoms with Gasteiger partial charge in [-0.2, -0.15) is 0 Å². The number of pyridine rings is 1. The Bertz CT molecular complexity index is 451. The van der Waals surface area contributed by atoms with Gasteiger partial charge in [0.05, 0.1) is 0 Å². The standard InChI is InChI=1S/C16H25N3O/c1-3-17-15-11-13(10-12(2)18-15)16(20)19-14-8-6-4-5-7-9-14/h10-11,14H,3-9H2,1-2H3,(H,17,18)(H,19,20). The molecule has 4 nitrogen and oxygen atoms in total. The van der Waals surface area contributed by atoms with Crippen LogP contribution in [0.5, 0.6) is 0 Å². The van der Waals surface area contributed by atoms with Crippen molar-refractivity contribution in [1.82, 2.24) is 10.3 Å². The van der Waals surface area contributed by atoms with Crippen LogP contribution in [-0.4, -0.2) is 23.5 Å². The van der Waals surface area contributed by atoms with Gasteiger partial charge in [0.2, 0.25) is 0 Å². The van der Waals surface area contributed by atoms with Gasteiger partial charge < -0.3 is 10.6 Å². The molecular formula is C16H25N3O. The van der Waals surface area contributed by atoms with Gasteiger partial charge in [0.1, 0.15) is 5.82 Å². The fourth-order valence-electron chi connectivity index (χ4n) is 2.76. The Morgan fingerprint density at radius 1 is 1.25 bits per heavy atom. The maximum Gasteiger partial charge on any atom is 0.251 e. The summed E-state index contributed by atoms with van der Waals surface area (Å²) in [5.74, 6) is 0.806. The lowest BCUT2D eigenvalue weighted by atomic mass is 10.1. The average Bonchev–Trinajstić information content (AvgIpc) is 2.67. The van der Waals surface area contributed by atoms with Crippen LogP contribution in [0.2, 0.25) is 0 Å². The van der Waals surface area contributed by atoms with Crippen molar-refractivity contribution in [2.75, 3.05) is 11.9 Å². The van der Waals surface area contributed by atoms with Gasteiger partial charge in [-0.05, 0) is 38.8 Å². The van der Waals surface area contributed by atoms with E-state index in [0.29, 0.717) is 11.6 Å². The molecule has 0 aliphatic heterocycles. The molecule has 0 saturated heterocycles. The lowest BCUT2D eigenvalue weighted by Gasteiger charge is -2.16. The second-order valence-electron chi connectivity index (χ2n) is 5.57. The largest absolute Gasteiger partial charge is 0.370 e. The van der Waals surface area contributed by atoms with Gasteiger partial charge in [-0.15, -0.1) is 0 Å². The summed E-state index contributed by atoms with van der Waals surface area (Å²) in [5, 5.41) is 6.34. The van der Waals surface area contributed by atoms with Crippen molar-refractivity contribution in [2.24, 2.45) is 0 Å². The number of amides is 1. The molecule has 110 valence electrons. The molecule has 1 aliphatic rings. The molecule has 0 radical (unpaired) electrons. The second kappa shape index (κ2) is 7.27. The van der Waals surface area contributed by atoms with Gasteiger partial charge in [0.15, 0.2) is 0 Å². The van der Waals surface area contributed by atoms with E-state index >= 15 is 0 Å². The fraction of sp³-hybridized carbons (Fsp3) is 0.625. The normalized spacial score (nSPS) is 16.5. The molecule has 2 rings (SSSR count). The van der Waals surface area contributed by atoms with Crippen LogP contribution < -0.4 is 10.6 Å². The van der Waals surface area contributed by atoms with Crippen LogP contribution in [0.15, 0.2) is 12.1 Å². The summed E-state index contributed by atoms with van der Waals surface area (Å²) in [6, 6.07) is 4.02. The molecule has 1 amide bonds. The van der Waals surface area contributed by atoms with Crippen molar-refractivity contribution in [2.45, 2.75) is 58.4 Å². The molecule has 0 atom stereocenters. The van der Waals surface area contributed by atoms with Crippen molar-refractivity contribution in [3.8, 4) is 0 Å². The Morgan fingerprint density at radius 3 is 2.60 bits per heavy atom. The first-order chi connectivity index (χ1) is 9.69. The van der Waals surface area contributed by atoms with Crippen LogP contribution in [0.25, 0.3) is 0 Å². The zero-order valence-electron chi connectivity index (χ0n) is 12.5. The Kier molecular flexibility index (Phi) is 5.39. The second-order valence-corrected chi connectivity index (χ2v) is 5.57. The molecule has 0 spiro atoms. The first kappa shape index (κ1) is 14.8. The molecule has 1 heterocycles. The number of nitrogens with zero attached hydrogens (tertiary/aromatic N) is 1. The van der Waals surface area contributed by atoms with E-state index in [1.807, 2.05) is 26.0 Å². The summed E-state index contributed by atoms with van der Waals surface area (Å²) in [6.07, 6.45) is 7.26. The van der Waals surface area contributed by atoms with E-state index in [-0.39, 0.29) is 5.91 Å². The SMILES string of the molecule is CCNc1cc(C(=O)NC2CCCCCC2)cc(C)n1. The molecule has 0 aromatic carbocycles. The van der Waals surface area contributed by atoms with E-state index in [0.717, 1.165) is 30.9 Å². The number of nitrogens with one attached hydrogen (secondary N) is 2. The topological polar surface area (TPSA) is 54.0 Å². The molecular weight excluding hydrogens is 250 g/mol. The third kappa shape index (κ3) is 4.22. The average molecular weight is 275 g/mol. The highest BCUT2D eigenvalue weighted by molar-refractivity contribution is 5.95. The number of hydrogen-bond acceptors (Lipinski definition) is 3. The van der Waals surface area contributed by atoms with Gasteiger partial charge in [-0.25, -0.2) is 4.98 Å². The van der Waals surface area contributed by atoms with E-state index in [4.69, 9.17) is 0 Å². The van der Waals surface area contributed by atoms with E-state index in [2.05, 4.69) is 15.6 Å². The molecule has 1 fully saturated rings. The summed E-state index contributed by atoms with van der Waals surface area (Å²) >= 11 is 0.